The summed E-state index contributed by atoms with van der Waals surface area (Å²) in [6, 6.07) is 16.4. The zero-order chi connectivity index (χ0) is 38.8. The lowest BCUT2D eigenvalue weighted by atomic mass is 10.1. The van der Waals surface area contributed by atoms with E-state index in [1.807, 2.05) is 30.3 Å². The van der Waals surface area contributed by atoms with E-state index in [1.165, 1.54) is 23.0 Å². The van der Waals surface area contributed by atoms with Crippen LogP contribution in [0.4, 0.5) is 26.3 Å². The lowest BCUT2D eigenvalue weighted by molar-refractivity contribution is -0.193. The lowest BCUT2D eigenvalue weighted by Crippen LogP contribution is -2.45. The zero-order valence-electron chi connectivity index (χ0n) is 27.7. The average molecular weight is 761 g/mol. The van der Waals surface area contributed by atoms with Crippen LogP contribution in [0.1, 0.15) is 26.5 Å². The van der Waals surface area contributed by atoms with Gasteiger partial charge in [0.15, 0.2) is 11.5 Å². The highest BCUT2D eigenvalue weighted by Crippen LogP contribution is 2.39. The van der Waals surface area contributed by atoms with E-state index in [0.29, 0.717) is 32.6 Å². The normalized spacial score (nSPS) is 13.8. The van der Waals surface area contributed by atoms with Gasteiger partial charge in [0.25, 0.3) is 11.5 Å². The number of Topliss-reactive ketones (excluding diaryl/α,β-unsaturated/α-hetero) is 1. The van der Waals surface area contributed by atoms with Gasteiger partial charge >= 0.3 is 24.3 Å². The van der Waals surface area contributed by atoms with Crippen LogP contribution in [0.15, 0.2) is 59.4 Å². The van der Waals surface area contributed by atoms with Crippen molar-refractivity contribution < 1.29 is 60.5 Å². The van der Waals surface area contributed by atoms with Gasteiger partial charge in [-0.2, -0.15) is 26.3 Å². The number of likely N-dealkylation sites (N-methyl/N-ethyl adjacent to an activating group) is 1. The molecule has 1 amide bonds. The minimum Gasteiger partial charge on any atom is -0.494 e. The molecule has 12 nitrogen and oxygen atoms in total. The number of aliphatic carboxylic acids is 2. The Bertz CT molecular complexity index is 1910. The van der Waals surface area contributed by atoms with Crippen LogP contribution in [-0.2, 0) is 16.1 Å². The van der Waals surface area contributed by atoms with Crippen molar-refractivity contribution >= 4 is 56.0 Å². The minimum atomic E-state index is -5.08. The van der Waals surface area contributed by atoms with E-state index in [-0.39, 0.29) is 29.5 Å². The summed E-state index contributed by atoms with van der Waals surface area (Å²) >= 11 is 1.26. The Kier molecular flexibility index (Phi) is 14.3. The Morgan fingerprint density at radius 2 is 1.40 bits per heavy atom. The van der Waals surface area contributed by atoms with Crippen molar-refractivity contribution in [3.63, 3.8) is 0 Å². The summed E-state index contributed by atoms with van der Waals surface area (Å²) in [5.41, 5.74) is 0.847. The molecule has 19 heteroatoms. The van der Waals surface area contributed by atoms with Crippen LogP contribution >= 0.6 is 11.3 Å². The first-order chi connectivity index (χ1) is 24.4. The number of hydrogen-bond acceptors (Lipinski definition) is 9. The summed E-state index contributed by atoms with van der Waals surface area (Å²) < 4.78 is 71.3. The molecule has 0 radical (unpaired) electrons. The Morgan fingerprint density at radius 1 is 0.865 bits per heavy atom. The highest BCUT2D eigenvalue weighted by atomic mass is 32.1. The first-order valence-corrected chi connectivity index (χ1v) is 16.2. The molecule has 282 valence electrons. The maximum Gasteiger partial charge on any atom is 0.490 e. The molecule has 2 aromatic heterocycles. The van der Waals surface area contributed by atoms with Crippen molar-refractivity contribution in [2.24, 2.45) is 0 Å². The van der Waals surface area contributed by atoms with E-state index < -0.39 is 24.3 Å². The number of hydrogen-bond donors (Lipinski definition) is 3. The minimum absolute atomic E-state index is 0.105. The van der Waals surface area contributed by atoms with Crippen molar-refractivity contribution in [2.45, 2.75) is 25.3 Å². The van der Waals surface area contributed by atoms with E-state index in [2.05, 4.69) is 22.2 Å². The number of piperazine rings is 1. The van der Waals surface area contributed by atoms with Crippen LogP contribution in [0.5, 0.6) is 5.75 Å². The predicted molar refractivity (Wildman–Crippen MR) is 179 cm³/mol. The SMILES string of the molecule is COc1c(C(=O)NCCCN2CCN(C)CC2)sc2c1c(=O)n(CC(=O)c1ccccc1)c1ccccc21.O=C(O)C(F)(F)F.O=C(O)C(F)(F)F. The average Bonchev–Trinajstić information content (AvgIpc) is 3.50. The molecule has 3 N–H and O–H groups in total. The number of carboxylic acids is 2. The number of thiophene rings is 1. The zero-order valence-corrected chi connectivity index (χ0v) is 28.5. The number of nitrogens with one attached hydrogen (secondary N) is 1. The standard InChI is InChI=1S/C29H32N4O4S.2C2HF3O2/c1-31-15-17-32(18-16-31)14-8-13-30-28(35)27-25(37-2)24-26(38-27)21-11-6-7-12-22(21)33(29(24)36)19-23(34)20-9-4-3-5-10-20;2*3-2(4,5)1(6)7/h3-7,9-12H,8,13-19H2,1-2H3,(H,30,35);2*(H,6,7). The highest BCUT2D eigenvalue weighted by molar-refractivity contribution is 7.22. The fourth-order valence-electron chi connectivity index (χ4n) is 4.96. The number of nitrogens with zero attached hydrogens (tertiary/aromatic N) is 3. The number of aromatic nitrogens is 1. The number of amides is 1. The van der Waals surface area contributed by atoms with Gasteiger partial charge < -0.3 is 30.1 Å². The summed E-state index contributed by atoms with van der Waals surface area (Å²) in [5.74, 6) is -5.67. The first-order valence-electron chi connectivity index (χ1n) is 15.4. The molecule has 0 aliphatic carbocycles. The number of alkyl halides is 6. The summed E-state index contributed by atoms with van der Waals surface area (Å²) in [5, 5.41) is 18.4. The largest absolute Gasteiger partial charge is 0.494 e. The van der Waals surface area contributed by atoms with Crippen LogP contribution in [0, 0.1) is 0 Å². The number of benzene rings is 2. The van der Waals surface area contributed by atoms with Gasteiger partial charge in [-0.15, -0.1) is 11.3 Å². The van der Waals surface area contributed by atoms with E-state index in [9.17, 15) is 40.7 Å². The van der Waals surface area contributed by atoms with Gasteiger partial charge in [-0.3, -0.25) is 19.0 Å². The molecule has 1 fully saturated rings. The Balaban J connectivity index is 0.000000441. The molecule has 52 heavy (non-hydrogen) atoms. The molecule has 1 aliphatic heterocycles. The second kappa shape index (κ2) is 18.0. The Morgan fingerprint density at radius 3 is 1.94 bits per heavy atom. The lowest BCUT2D eigenvalue weighted by Gasteiger charge is -2.32. The van der Waals surface area contributed by atoms with Crippen molar-refractivity contribution in [3.8, 4) is 5.75 Å². The number of ether oxygens (including phenoxy) is 1. The second-order valence-electron chi connectivity index (χ2n) is 11.2. The van der Waals surface area contributed by atoms with E-state index in [4.69, 9.17) is 24.5 Å². The van der Waals surface area contributed by atoms with Crippen molar-refractivity contribution in [1.82, 2.24) is 19.7 Å². The molecule has 0 spiro atoms. The van der Waals surface area contributed by atoms with Crippen LogP contribution in [-0.4, -0.2) is 114 Å². The monoisotopic (exact) mass is 760 g/mol. The third kappa shape index (κ3) is 11.0. The van der Waals surface area contributed by atoms with Crippen LogP contribution in [0.25, 0.3) is 21.0 Å². The van der Waals surface area contributed by atoms with E-state index >= 15 is 0 Å². The Labute approximate surface area is 295 Å². The number of fused-ring (bicyclic) bond motifs is 3. The number of methoxy groups -OCH3 is 1. The second-order valence-corrected chi connectivity index (χ2v) is 12.2. The van der Waals surface area contributed by atoms with Crippen molar-refractivity contribution in [3.05, 3.63) is 75.4 Å². The van der Waals surface area contributed by atoms with Crippen LogP contribution < -0.4 is 15.6 Å². The van der Waals surface area contributed by atoms with Gasteiger partial charge in [0, 0.05) is 43.7 Å². The first kappa shape index (κ1) is 41.4. The molecule has 0 unspecified atom stereocenters. The predicted octanol–water partition coefficient (Wildman–Crippen LogP) is 4.74. The number of carboxylic acid groups (broad SMARTS) is 2. The maximum atomic E-state index is 13.8. The van der Waals surface area contributed by atoms with Crippen molar-refractivity contribution in [2.75, 3.05) is 53.4 Å². The molecular formula is C33H34F6N4O8S. The number of halogens is 6. The number of carbonyl (C=O) groups excluding carboxylic acids is 2. The number of rotatable bonds is 9. The summed E-state index contributed by atoms with van der Waals surface area (Å²) in [6.07, 6.45) is -9.32. The number of ketones is 1. The fraction of sp³-hybridized carbons (Fsp3) is 0.364. The molecule has 1 saturated heterocycles. The van der Waals surface area contributed by atoms with Gasteiger partial charge in [0.05, 0.1) is 23.9 Å². The summed E-state index contributed by atoms with van der Waals surface area (Å²) in [7, 11) is 3.61. The van der Waals surface area contributed by atoms with E-state index in [0.717, 1.165) is 44.5 Å². The van der Waals surface area contributed by atoms with Gasteiger partial charge in [-0.25, -0.2) is 9.59 Å². The summed E-state index contributed by atoms with van der Waals surface area (Å²) in [6.45, 7) is 5.58. The van der Waals surface area contributed by atoms with Gasteiger partial charge in [-0.1, -0.05) is 48.5 Å². The smallest absolute Gasteiger partial charge is 0.490 e. The number of carbonyl (C=O) groups is 4. The van der Waals surface area contributed by atoms with Crippen molar-refractivity contribution in [1.29, 1.82) is 0 Å². The molecule has 0 saturated carbocycles. The molecule has 4 aromatic rings. The molecule has 5 rings (SSSR count). The van der Waals surface area contributed by atoms with Gasteiger partial charge in [0.2, 0.25) is 0 Å². The topological polar surface area (TPSA) is 158 Å². The molecule has 3 heterocycles. The van der Waals surface area contributed by atoms with Crippen LogP contribution in [0.3, 0.4) is 0 Å². The molecule has 0 atom stereocenters. The third-order valence-corrected chi connectivity index (χ3v) is 8.79. The van der Waals surface area contributed by atoms with Crippen LogP contribution in [0.2, 0.25) is 0 Å². The van der Waals surface area contributed by atoms with Gasteiger partial charge in [-0.05, 0) is 26.1 Å². The fourth-order valence-corrected chi connectivity index (χ4v) is 6.17. The molecule has 1 aliphatic rings. The molecule has 2 aromatic carbocycles. The highest BCUT2D eigenvalue weighted by Gasteiger charge is 2.39. The number of para-hydroxylation sites is 1. The molecule has 0 bridgehead atoms. The number of pyridine rings is 1. The van der Waals surface area contributed by atoms with E-state index in [1.54, 1.807) is 24.3 Å². The molecular weight excluding hydrogens is 726 g/mol. The maximum absolute atomic E-state index is 13.8. The Hall–Kier alpha value is -5.01. The third-order valence-electron chi connectivity index (χ3n) is 7.59. The quantitative estimate of drug-likeness (QED) is 0.124. The summed E-state index contributed by atoms with van der Waals surface area (Å²) in [4.78, 5) is 62.9. The van der Waals surface area contributed by atoms with Gasteiger partial charge in [0.1, 0.15) is 10.3 Å².